The van der Waals surface area contributed by atoms with Crippen LogP contribution in [0.1, 0.15) is 12.7 Å². The first-order valence-electron chi connectivity index (χ1n) is 4.75. The number of benzene rings is 1. The van der Waals surface area contributed by atoms with Crippen LogP contribution in [0.2, 0.25) is 0 Å². The molecule has 0 atom stereocenters. The van der Waals surface area contributed by atoms with Crippen molar-refractivity contribution >= 4 is 11.0 Å². The predicted octanol–water partition coefficient (Wildman–Crippen LogP) is 1.47. The molecule has 0 unspecified atom stereocenters. The molecule has 2 aromatic rings. The molecule has 1 aromatic carbocycles. The molecule has 0 aliphatic heterocycles. The standard InChI is InChI=1S/C11H10O5/c1-2-7-10(14)11(15)9-6(13)3-5(12)4-8(9)16-7/h3-4,12-14H,2H2,1H3. The lowest BCUT2D eigenvalue weighted by atomic mass is 10.1. The van der Waals surface area contributed by atoms with E-state index in [9.17, 15) is 20.1 Å². The summed E-state index contributed by atoms with van der Waals surface area (Å²) in [6.07, 6.45) is 0.341. The highest BCUT2D eigenvalue weighted by atomic mass is 16.4. The quantitative estimate of drug-likeness (QED) is 0.679. The molecule has 1 aromatic heterocycles. The SMILES string of the molecule is CCc1oc2cc(O)cc(O)c2c(=O)c1O. The van der Waals surface area contributed by atoms with Crippen LogP contribution in [-0.4, -0.2) is 15.3 Å². The normalized spacial score (nSPS) is 10.8. The highest BCUT2D eigenvalue weighted by Gasteiger charge is 2.15. The minimum Gasteiger partial charge on any atom is -0.508 e. The molecule has 5 nitrogen and oxygen atoms in total. The first kappa shape index (κ1) is 10.4. The van der Waals surface area contributed by atoms with Crippen LogP contribution in [0.25, 0.3) is 11.0 Å². The number of hydrogen-bond donors (Lipinski definition) is 3. The summed E-state index contributed by atoms with van der Waals surface area (Å²) in [5.41, 5.74) is -0.646. The number of phenolic OH excluding ortho intramolecular Hbond substituents is 2. The van der Waals surface area contributed by atoms with Crippen LogP contribution < -0.4 is 5.43 Å². The van der Waals surface area contributed by atoms with Gasteiger partial charge in [-0.05, 0) is 0 Å². The monoisotopic (exact) mass is 222 g/mol. The van der Waals surface area contributed by atoms with Crippen molar-refractivity contribution in [1.82, 2.24) is 0 Å². The van der Waals surface area contributed by atoms with E-state index in [0.717, 1.165) is 6.07 Å². The molecule has 5 heteroatoms. The van der Waals surface area contributed by atoms with Crippen LogP contribution in [0, 0.1) is 0 Å². The molecule has 16 heavy (non-hydrogen) atoms. The van der Waals surface area contributed by atoms with Gasteiger partial charge in [0.1, 0.15) is 28.2 Å². The first-order chi connectivity index (χ1) is 7.54. The predicted molar refractivity (Wildman–Crippen MR) is 56.9 cm³/mol. The maximum Gasteiger partial charge on any atom is 0.238 e. The van der Waals surface area contributed by atoms with Gasteiger partial charge >= 0.3 is 0 Å². The summed E-state index contributed by atoms with van der Waals surface area (Å²) >= 11 is 0. The smallest absolute Gasteiger partial charge is 0.238 e. The fraction of sp³-hybridized carbons (Fsp3) is 0.182. The Morgan fingerprint density at radius 2 is 1.94 bits per heavy atom. The summed E-state index contributed by atoms with van der Waals surface area (Å²) in [5, 5.41) is 28.1. The van der Waals surface area contributed by atoms with Gasteiger partial charge in [-0.15, -0.1) is 0 Å². The van der Waals surface area contributed by atoms with Gasteiger partial charge < -0.3 is 19.7 Å². The molecule has 0 radical (unpaired) electrons. The lowest BCUT2D eigenvalue weighted by Crippen LogP contribution is -2.04. The van der Waals surface area contributed by atoms with Crippen LogP contribution in [0.3, 0.4) is 0 Å². The molecule has 1 heterocycles. The number of phenols is 2. The maximum absolute atomic E-state index is 11.7. The van der Waals surface area contributed by atoms with E-state index in [1.165, 1.54) is 6.07 Å². The fourth-order valence-corrected chi connectivity index (χ4v) is 1.56. The van der Waals surface area contributed by atoms with Crippen LogP contribution in [0.5, 0.6) is 17.2 Å². The van der Waals surface area contributed by atoms with Crippen LogP contribution in [0.4, 0.5) is 0 Å². The van der Waals surface area contributed by atoms with Gasteiger partial charge in [-0.1, -0.05) is 6.92 Å². The van der Waals surface area contributed by atoms with Gasteiger partial charge in [0.15, 0.2) is 0 Å². The summed E-state index contributed by atoms with van der Waals surface area (Å²) in [4.78, 5) is 11.7. The average Bonchev–Trinajstić information content (AvgIpc) is 2.22. The highest BCUT2D eigenvalue weighted by molar-refractivity contribution is 5.85. The number of fused-ring (bicyclic) bond motifs is 1. The Hall–Kier alpha value is -2.17. The minimum absolute atomic E-state index is 0.0529. The third kappa shape index (κ3) is 1.37. The first-order valence-corrected chi connectivity index (χ1v) is 4.75. The molecule has 0 bridgehead atoms. The molecule has 0 aliphatic rings. The molecular weight excluding hydrogens is 212 g/mol. The van der Waals surface area contributed by atoms with Crippen molar-refractivity contribution in [3.63, 3.8) is 0 Å². The molecule has 0 fully saturated rings. The highest BCUT2D eigenvalue weighted by Crippen LogP contribution is 2.30. The second kappa shape index (κ2) is 3.44. The van der Waals surface area contributed by atoms with Crippen molar-refractivity contribution in [3.8, 4) is 17.2 Å². The van der Waals surface area contributed by atoms with Gasteiger partial charge in [0, 0.05) is 18.6 Å². The second-order valence-corrected chi connectivity index (χ2v) is 3.39. The number of hydrogen-bond acceptors (Lipinski definition) is 5. The van der Waals surface area contributed by atoms with E-state index < -0.39 is 16.9 Å². The topological polar surface area (TPSA) is 90.9 Å². The van der Waals surface area contributed by atoms with Crippen molar-refractivity contribution in [2.45, 2.75) is 13.3 Å². The third-order valence-corrected chi connectivity index (χ3v) is 2.33. The van der Waals surface area contributed by atoms with Crippen molar-refractivity contribution in [1.29, 1.82) is 0 Å². The van der Waals surface area contributed by atoms with Gasteiger partial charge in [0.05, 0.1) is 0 Å². The minimum atomic E-state index is -0.699. The van der Waals surface area contributed by atoms with E-state index in [1.54, 1.807) is 6.92 Å². The zero-order chi connectivity index (χ0) is 11.9. The number of aromatic hydroxyl groups is 3. The zero-order valence-corrected chi connectivity index (χ0v) is 8.52. The Morgan fingerprint density at radius 3 is 2.56 bits per heavy atom. The molecule has 0 amide bonds. The third-order valence-electron chi connectivity index (χ3n) is 2.33. The van der Waals surface area contributed by atoms with Crippen molar-refractivity contribution in [3.05, 3.63) is 28.1 Å². The van der Waals surface area contributed by atoms with E-state index in [-0.39, 0.29) is 22.5 Å². The fourth-order valence-electron chi connectivity index (χ4n) is 1.56. The van der Waals surface area contributed by atoms with E-state index in [4.69, 9.17) is 4.42 Å². The zero-order valence-electron chi connectivity index (χ0n) is 8.52. The van der Waals surface area contributed by atoms with E-state index in [1.807, 2.05) is 0 Å². The summed E-state index contributed by atoms with van der Waals surface area (Å²) in [6, 6.07) is 2.24. The lowest BCUT2D eigenvalue weighted by Gasteiger charge is -2.05. The number of rotatable bonds is 1. The Labute approximate surface area is 90.2 Å². The Morgan fingerprint density at radius 1 is 1.25 bits per heavy atom. The van der Waals surface area contributed by atoms with Crippen LogP contribution in [-0.2, 0) is 6.42 Å². The van der Waals surface area contributed by atoms with E-state index in [2.05, 4.69) is 0 Å². The molecular formula is C11H10O5. The van der Waals surface area contributed by atoms with Gasteiger partial charge in [0.25, 0.3) is 0 Å². The van der Waals surface area contributed by atoms with Crippen molar-refractivity contribution in [2.24, 2.45) is 0 Å². The summed E-state index contributed by atoms with van der Waals surface area (Å²) in [5.74, 6) is -0.999. The Kier molecular flexibility index (Phi) is 2.23. The van der Waals surface area contributed by atoms with Gasteiger partial charge in [-0.25, -0.2) is 0 Å². The number of aryl methyl sites for hydroxylation is 1. The van der Waals surface area contributed by atoms with Gasteiger partial charge in [-0.3, -0.25) is 4.79 Å². The average molecular weight is 222 g/mol. The second-order valence-electron chi connectivity index (χ2n) is 3.39. The summed E-state index contributed by atoms with van der Waals surface area (Å²) in [7, 11) is 0. The maximum atomic E-state index is 11.7. The molecule has 2 rings (SSSR count). The summed E-state index contributed by atoms with van der Waals surface area (Å²) < 4.78 is 5.21. The summed E-state index contributed by atoms with van der Waals surface area (Å²) in [6.45, 7) is 1.71. The molecule has 3 N–H and O–H groups in total. The Balaban J connectivity index is 2.99. The Bertz CT molecular complexity index is 612. The lowest BCUT2D eigenvalue weighted by molar-refractivity contribution is 0.414. The van der Waals surface area contributed by atoms with E-state index >= 15 is 0 Å². The largest absolute Gasteiger partial charge is 0.508 e. The van der Waals surface area contributed by atoms with Crippen LogP contribution in [0.15, 0.2) is 21.3 Å². The molecule has 0 saturated heterocycles. The van der Waals surface area contributed by atoms with Crippen LogP contribution >= 0.6 is 0 Å². The molecule has 84 valence electrons. The molecule has 0 aliphatic carbocycles. The van der Waals surface area contributed by atoms with Gasteiger partial charge in [0.2, 0.25) is 11.2 Å². The molecule has 0 saturated carbocycles. The van der Waals surface area contributed by atoms with Gasteiger partial charge in [-0.2, -0.15) is 0 Å². The molecule has 0 spiro atoms. The van der Waals surface area contributed by atoms with E-state index in [0.29, 0.717) is 6.42 Å². The van der Waals surface area contributed by atoms with Crippen molar-refractivity contribution in [2.75, 3.05) is 0 Å². The van der Waals surface area contributed by atoms with Crippen molar-refractivity contribution < 1.29 is 19.7 Å².